The van der Waals surface area contributed by atoms with Crippen LogP contribution in [0, 0.1) is 0 Å². The van der Waals surface area contributed by atoms with Crippen LogP contribution in [0.25, 0.3) is 11.0 Å². The quantitative estimate of drug-likeness (QED) is 0.150. The first kappa shape index (κ1) is 35.9. The predicted molar refractivity (Wildman–Crippen MR) is 200 cm³/mol. The molecule has 0 radical (unpaired) electrons. The van der Waals surface area contributed by atoms with Crippen molar-refractivity contribution in [2.75, 3.05) is 73.6 Å². The van der Waals surface area contributed by atoms with Crippen molar-refractivity contribution in [3.8, 4) is 28.7 Å². The first-order valence-corrected chi connectivity index (χ1v) is 17.7. The minimum Gasteiger partial charge on any atom is -0.493 e. The van der Waals surface area contributed by atoms with E-state index in [1.807, 2.05) is 24.0 Å². The van der Waals surface area contributed by atoms with Crippen molar-refractivity contribution >= 4 is 22.9 Å². The summed E-state index contributed by atoms with van der Waals surface area (Å²) in [6, 6.07) is 18.3. The molecule has 3 heterocycles. The standard InChI is InChI=1S/C40H51N5O6/c1-7-8-19-45-32-12-10-9-11-31(32)42-39(45)41-30-15-20-43(21-16-30)22-17-40(29-13-14-33(47-2)34(26-29)48-3)18-23-44(27-40)38(46)28-24-35(49-4)37(51-6)36(25-28)50-5/h7-14,24-26,30H,15-23,27H2,1-6H3,(H,41,42)/b8-7+. The number of carbonyl (C=O) groups excluding carboxylic acids is 1. The highest BCUT2D eigenvalue weighted by molar-refractivity contribution is 5.96. The van der Waals surface area contributed by atoms with E-state index in [9.17, 15) is 4.79 Å². The van der Waals surface area contributed by atoms with Crippen LogP contribution in [0.2, 0.25) is 0 Å². The molecular weight excluding hydrogens is 646 g/mol. The van der Waals surface area contributed by atoms with Gasteiger partial charge in [-0.25, -0.2) is 4.98 Å². The van der Waals surface area contributed by atoms with Gasteiger partial charge in [0.05, 0.1) is 46.6 Å². The maximum absolute atomic E-state index is 14.1. The number of likely N-dealkylation sites (tertiary alicyclic amines) is 2. The lowest BCUT2D eigenvalue weighted by Crippen LogP contribution is -2.42. The Kier molecular flexibility index (Phi) is 11.2. The van der Waals surface area contributed by atoms with E-state index in [0.29, 0.717) is 53.4 Å². The first-order chi connectivity index (χ1) is 24.9. The highest BCUT2D eigenvalue weighted by Crippen LogP contribution is 2.43. The number of amides is 1. The Morgan fingerprint density at radius 3 is 2.25 bits per heavy atom. The average molecular weight is 698 g/mol. The largest absolute Gasteiger partial charge is 0.493 e. The van der Waals surface area contributed by atoms with Crippen molar-refractivity contribution in [2.24, 2.45) is 0 Å². The maximum atomic E-state index is 14.1. The number of rotatable bonds is 14. The summed E-state index contributed by atoms with van der Waals surface area (Å²) in [4.78, 5) is 23.5. The molecule has 272 valence electrons. The van der Waals surface area contributed by atoms with Gasteiger partial charge >= 0.3 is 0 Å². The number of nitrogens with zero attached hydrogens (tertiary/aromatic N) is 4. The molecule has 0 saturated carbocycles. The van der Waals surface area contributed by atoms with E-state index in [1.165, 1.54) is 0 Å². The van der Waals surface area contributed by atoms with Crippen LogP contribution in [0.5, 0.6) is 28.7 Å². The van der Waals surface area contributed by atoms with Gasteiger partial charge < -0.3 is 43.4 Å². The topological polar surface area (TPSA) is 99.6 Å². The third kappa shape index (κ3) is 7.44. The predicted octanol–water partition coefficient (Wildman–Crippen LogP) is 6.41. The Morgan fingerprint density at radius 1 is 0.882 bits per heavy atom. The number of para-hydroxylation sites is 2. The van der Waals surface area contributed by atoms with Crippen molar-refractivity contribution in [1.82, 2.24) is 19.4 Å². The molecule has 1 atom stereocenters. The van der Waals surface area contributed by atoms with Gasteiger partial charge in [0.2, 0.25) is 11.7 Å². The Labute approximate surface area is 301 Å². The SMILES string of the molecule is C/C=C/Cn1c(NC2CCN(CCC3(c4ccc(OC)c(OC)c4)CCN(C(=O)c4cc(OC)c(OC)c(OC)c4)C3)CC2)nc2ccccc21. The van der Waals surface area contributed by atoms with Crippen LogP contribution in [0.4, 0.5) is 5.95 Å². The number of piperidine rings is 1. The molecule has 1 aromatic heterocycles. The van der Waals surface area contributed by atoms with Gasteiger partial charge in [-0.05, 0) is 81.1 Å². The van der Waals surface area contributed by atoms with Gasteiger partial charge in [0, 0.05) is 49.7 Å². The zero-order valence-corrected chi connectivity index (χ0v) is 30.7. The second kappa shape index (κ2) is 16.0. The minimum atomic E-state index is -0.261. The molecule has 6 rings (SSSR count). The Morgan fingerprint density at radius 2 is 1.59 bits per heavy atom. The summed E-state index contributed by atoms with van der Waals surface area (Å²) < 4.78 is 30.2. The summed E-state index contributed by atoms with van der Waals surface area (Å²) in [5.74, 6) is 3.62. The fourth-order valence-electron chi connectivity index (χ4n) is 7.62. The smallest absolute Gasteiger partial charge is 0.254 e. The van der Waals surface area contributed by atoms with Crippen molar-refractivity contribution < 1.29 is 28.5 Å². The molecule has 0 spiro atoms. The van der Waals surface area contributed by atoms with Crippen molar-refractivity contribution in [3.63, 3.8) is 0 Å². The molecular formula is C40H51N5O6. The second-order valence-corrected chi connectivity index (χ2v) is 13.4. The van der Waals surface area contributed by atoms with E-state index in [0.717, 1.165) is 74.4 Å². The summed E-state index contributed by atoms with van der Waals surface area (Å²) >= 11 is 0. The van der Waals surface area contributed by atoms with E-state index in [1.54, 1.807) is 47.7 Å². The summed E-state index contributed by atoms with van der Waals surface area (Å²) in [6.07, 6.45) is 8.04. The van der Waals surface area contributed by atoms with Gasteiger partial charge in [0.25, 0.3) is 5.91 Å². The minimum absolute atomic E-state index is 0.0658. The molecule has 1 amide bonds. The molecule has 11 nitrogen and oxygen atoms in total. The fraction of sp³-hybridized carbons (Fsp3) is 0.450. The molecule has 3 aromatic carbocycles. The van der Waals surface area contributed by atoms with Gasteiger partial charge in [-0.2, -0.15) is 0 Å². The van der Waals surface area contributed by atoms with Crippen LogP contribution in [0.3, 0.4) is 0 Å². The lowest BCUT2D eigenvalue weighted by Gasteiger charge is -2.36. The van der Waals surface area contributed by atoms with Crippen LogP contribution in [-0.4, -0.2) is 99.6 Å². The number of hydrogen-bond acceptors (Lipinski definition) is 9. The van der Waals surface area contributed by atoms with E-state index < -0.39 is 0 Å². The number of benzene rings is 3. The Balaban J connectivity index is 1.17. The van der Waals surface area contributed by atoms with E-state index in [4.69, 9.17) is 28.7 Å². The molecule has 4 aromatic rings. The van der Waals surface area contributed by atoms with E-state index in [-0.39, 0.29) is 11.3 Å². The molecule has 2 fully saturated rings. The Bertz CT molecular complexity index is 1820. The van der Waals surface area contributed by atoms with Crippen LogP contribution in [-0.2, 0) is 12.0 Å². The molecule has 1 unspecified atom stereocenters. The Hall–Kier alpha value is -4.90. The number of methoxy groups -OCH3 is 5. The lowest BCUT2D eigenvalue weighted by atomic mass is 9.76. The number of nitrogens with one attached hydrogen (secondary N) is 1. The first-order valence-electron chi connectivity index (χ1n) is 17.7. The van der Waals surface area contributed by atoms with Crippen molar-refractivity contribution in [1.29, 1.82) is 0 Å². The molecule has 2 saturated heterocycles. The van der Waals surface area contributed by atoms with Crippen molar-refractivity contribution in [3.05, 3.63) is 77.9 Å². The fourth-order valence-corrected chi connectivity index (χ4v) is 7.62. The molecule has 2 aliphatic heterocycles. The van der Waals surface area contributed by atoms with Gasteiger partial charge in [0.1, 0.15) is 0 Å². The van der Waals surface area contributed by atoms with Crippen LogP contribution < -0.4 is 29.0 Å². The summed E-state index contributed by atoms with van der Waals surface area (Å²) in [6.45, 7) is 6.95. The number of anilines is 1. The van der Waals surface area contributed by atoms with Gasteiger partial charge in [-0.3, -0.25) is 4.79 Å². The number of fused-ring (bicyclic) bond motifs is 1. The third-order valence-electron chi connectivity index (χ3n) is 10.6. The zero-order chi connectivity index (χ0) is 36.0. The maximum Gasteiger partial charge on any atom is 0.254 e. The number of carbonyl (C=O) groups is 1. The number of ether oxygens (including phenoxy) is 5. The van der Waals surface area contributed by atoms with Gasteiger partial charge in [-0.1, -0.05) is 30.4 Å². The second-order valence-electron chi connectivity index (χ2n) is 13.4. The molecule has 0 bridgehead atoms. The molecule has 1 N–H and O–H groups in total. The van der Waals surface area contributed by atoms with Crippen molar-refractivity contribution in [2.45, 2.75) is 50.6 Å². The third-order valence-corrected chi connectivity index (χ3v) is 10.6. The molecule has 51 heavy (non-hydrogen) atoms. The van der Waals surface area contributed by atoms with E-state index in [2.05, 4.69) is 57.3 Å². The monoisotopic (exact) mass is 697 g/mol. The highest BCUT2D eigenvalue weighted by Gasteiger charge is 2.42. The summed E-state index contributed by atoms with van der Waals surface area (Å²) in [5, 5.41) is 3.78. The number of allylic oxidation sites excluding steroid dienone is 2. The zero-order valence-electron chi connectivity index (χ0n) is 30.7. The molecule has 2 aliphatic rings. The van der Waals surface area contributed by atoms with Gasteiger partial charge in [-0.15, -0.1) is 0 Å². The number of aromatic nitrogens is 2. The summed E-state index contributed by atoms with van der Waals surface area (Å²) in [7, 11) is 7.99. The lowest BCUT2D eigenvalue weighted by molar-refractivity contribution is 0.0779. The normalized spacial score (nSPS) is 18.4. The number of imidazole rings is 1. The highest BCUT2D eigenvalue weighted by atomic mass is 16.5. The number of hydrogen-bond donors (Lipinski definition) is 1. The molecule has 0 aliphatic carbocycles. The van der Waals surface area contributed by atoms with Gasteiger partial charge in [0.15, 0.2) is 23.0 Å². The average Bonchev–Trinajstić information content (AvgIpc) is 3.77. The van der Waals surface area contributed by atoms with Crippen LogP contribution in [0.1, 0.15) is 48.5 Å². The van der Waals surface area contributed by atoms with Crippen LogP contribution in [0.15, 0.2) is 66.7 Å². The summed E-state index contributed by atoms with van der Waals surface area (Å²) in [5.41, 5.74) is 3.54. The molecule has 11 heteroatoms. The van der Waals surface area contributed by atoms with Crippen LogP contribution >= 0.6 is 0 Å². The van der Waals surface area contributed by atoms with E-state index >= 15 is 0 Å².